The number of ether oxygens (including phenoxy) is 2. The molecule has 1 aromatic heterocycles. The van der Waals surface area contributed by atoms with Crippen LogP contribution in [0.15, 0.2) is 16.7 Å². The molecular weight excluding hydrogens is 300 g/mol. The molecule has 0 spiro atoms. The summed E-state index contributed by atoms with van der Waals surface area (Å²) in [6.07, 6.45) is 3.83. The number of methoxy groups -OCH3 is 1. The van der Waals surface area contributed by atoms with Gasteiger partial charge in [-0.3, -0.25) is 4.79 Å². The van der Waals surface area contributed by atoms with Gasteiger partial charge < -0.3 is 24.1 Å². The molecule has 2 heterocycles. The molecule has 1 aliphatic rings. The first kappa shape index (κ1) is 17.3. The molecular formula is C16H24N2O5. The molecule has 0 aromatic carbocycles. The van der Waals surface area contributed by atoms with Crippen molar-refractivity contribution in [2.45, 2.75) is 32.2 Å². The zero-order chi connectivity index (χ0) is 16.7. The number of hydrogen-bond donors (Lipinski definition) is 1. The van der Waals surface area contributed by atoms with E-state index in [4.69, 9.17) is 13.9 Å². The van der Waals surface area contributed by atoms with Crippen molar-refractivity contribution in [2.24, 2.45) is 0 Å². The molecule has 23 heavy (non-hydrogen) atoms. The summed E-state index contributed by atoms with van der Waals surface area (Å²) in [5, 5.41) is 2.98. The van der Waals surface area contributed by atoms with Crippen LogP contribution in [0.25, 0.3) is 0 Å². The molecule has 1 saturated heterocycles. The van der Waals surface area contributed by atoms with Gasteiger partial charge in [-0.1, -0.05) is 0 Å². The minimum Gasteiger partial charge on any atom is -0.469 e. The summed E-state index contributed by atoms with van der Waals surface area (Å²) >= 11 is 0. The summed E-state index contributed by atoms with van der Waals surface area (Å²) in [7, 11) is 1.56. The van der Waals surface area contributed by atoms with Crippen molar-refractivity contribution in [3.8, 4) is 0 Å². The zero-order valence-corrected chi connectivity index (χ0v) is 13.7. The maximum absolute atomic E-state index is 12.3. The third-order valence-electron chi connectivity index (χ3n) is 3.88. The minimum atomic E-state index is -0.359. The zero-order valence-electron chi connectivity index (χ0n) is 13.7. The highest BCUT2D eigenvalue weighted by Crippen LogP contribution is 2.14. The summed E-state index contributed by atoms with van der Waals surface area (Å²) in [5.74, 6) is 0.419. The minimum absolute atomic E-state index is 0.0886. The van der Waals surface area contributed by atoms with E-state index in [0.29, 0.717) is 31.0 Å². The molecule has 0 radical (unpaired) electrons. The molecule has 0 saturated carbocycles. The molecule has 7 heteroatoms. The van der Waals surface area contributed by atoms with Crippen LogP contribution >= 0.6 is 0 Å². The number of carbonyl (C=O) groups is 2. The van der Waals surface area contributed by atoms with Crippen LogP contribution in [-0.4, -0.2) is 56.4 Å². The Morgan fingerprint density at radius 1 is 1.39 bits per heavy atom. The Balaban J connectivity index is 1.90. The Morgan fingerprint density at radius 3 is 2.91 bits per heavy atom. The largest absolute Gasteiger partial charge is 0.469 e. The van der Waals surface area contributed by atoms with Crippen LogP contribution in [0.3, 0.4) is 0 Å². The van der Waals surface area contributed by atoms with E-state index in [9.17, 15) is 9.59 Å². The van der Waals surface area contributed by atoms with E-state index in [1.54, 1.807) is 25.0 Å². The van der Waals surface area contributed by atoms with Crippen LogP contribution in [0.1, 0.15) is 35.4 Å². The van der Waals surface area contributed by atoms with Crippen molar-refractivity contribution < 1.29 is 23.5 Å². The quantitative estimate of drug-likeness (QED) is 0.837. The number of aryl methyl sites for hydroxylation is 1. The van der Waals surface area contributed by atoms with Crippen molar-refractivity contribution in [1.82, 2.24) is 10.2 Å². The lowest BCUT2D eigenvalue weighted by Gasteiger charge is -2.24. The van der Waals surface area contributed by atoms with E-state index in [1.807, 2.05) is 0 Å². The lowest BCUT2D eigenvalue weighted by atomic mass is 10.1. The number of likely N-dealkylation sites (tertiary alicyclic amines) is 1. The molecule has 1 unspecified atom stereocenters. The van der Waals surface area contributed by atoms with Gasteiger partial charge in [0.1, 0.15) is 12.4 Å². The van der Waals surface area contributed by atoms with Crippen molar-refractivity contribution in [1.29, 1.82) is 0 Å². The van der Waals surface area contributed by atoms with Gasteiger partial charge in [-0.2, -0.15) is 0 Å². The number of nitrogens with zero attached hydrogens (tertiary/aromatic N) is 1. The first-order chi connectivity index (χ1) is 11.1. The molecule has 2 amide bonds. The van der Waals surface area contributed by atoms with Crippen molar-refractivity contribution in [2.75, 3.05) is 33.4 Å². The van der Waals surface area contributed by atoms with Gasteiger partial charge in [-0.15, -0.1) is 0 Å². The van der Waals surface area contributed by atoms with Crippen LogP contribution in [0.4, 0.5) is 4.79 Å². The number of hydrogen-bond acceptors (Lipinski definition) is 5. The monoisotopic (exact) mass is 324 g/mol. The van der Waals surface area contributed by atoms with E-state index < -0.39 is 0 Å². The van der Waals surface area contributed by atoms with E-state index in [-0.39, 0.29) is 24.6 Å². The molecule has 7 nitrogen and oxygen atoms in total. The molecule has 0 bridgehead atoms. The fourth-order valence-electron chi connectivity index (χ4n) is 2.61. The molecule has 1 aliphatic heterocycles. The lowest BCUT2D eigenvalue weighted by Crippen LogP contribution is -2.45. The van der Waals surface area contributed by atoms with Gasteiger partial charge in [0.25, 0.3) is 5.91 Å². The lowest BCUT2D eigenvalue weighted by molar-refractivity contribution is 0.0697. The first-order valence-electron chi connectivity index (χ1n) is 7.87. The van der Waals surface area contributed by atoms with Crippen LogP contribution in [-0.2, 0) is 9.47 Å². The summed E-state index contributed by atoms with van der Waals surface area (Å²) in [5.41, 5.74) is 0.531. The highest BCUT2D eigenvalue weighted by Gasteiger charge is 2.25. The van der Waals surface area contributed by atoms with Gasteiger partial charge in [-0.25, -0.2) is 4.79 Å². The van der Waals surface area contributed by atoms with Gasteiger partial charge >= 0.3 is 6.09 Å². The second-order valence-electron chi connectivity index (χ2n) is 5.61. The maximum Gasteiger partial charge on any atom is 0.409 e. The van der Waals surface area contributed by atoms with Gasteiger partial charge in [-0.05, 0) is 32.3 Å². The smallest absolute Gasteiger partial charge is 0.409 e. The third-order valence-corrected chi connectivity index (χ3v) is 3.88. The van der Waals surface area contributed by atoms with Crippen LogP contribution in [0.5, 0.6) is 0 Å². The van der Waals surface area contributed by atoms with Crippen LogP contribution in [0.2, 0.25) is 0 Å². The van der Waals surface area contributed by atoms with E-state index >= 15 is 0 Å². The average Bonchev–Trinajstić information content (AvgIpc) is 2.82. The Bertz CT molecular complexity index is 528. The molecule has 1 aromatic rings. The number of nitrogens with one attached hydrogen (secondary N) is 1. The van der Waals surface area contributed by atoms with Gasteiger partial charge in [0.15, 0.2) is 0 Å². The number of rotatable bonds is 5. The summed E-state index contributed by atoms with van der Waals surface area (Å²) < 4.78 is 15.2. The Hall–Kier alpha value is -2.02. The molecule has 2 rings (SSSR count). The predicted molar refractivity (Wildman–Crippen MR) is 83.3 cm³/mol. The Kier molecular flexibility index (Phi) is 6.46. The highest BCUT2D eigenvalue weighted by molar-refractivity contribution is 5.95. The summed E-state index contributed by atoms with van der Waals surface area (Å²) in [6, 6.07) is 1.56. The maximum atomic E-state index is 12.3. The van der Waals surface area contributed by atoms with Gasteiger partial charge in [0.05, 0.1) is 18.4 Å². The molecule has 128 valence electrons. The fourth-order valence-corrected chi connectivity index (χ4v) is 2.61. The van der Waals surface area contributed by atoms with Crippen molar-refractivity contribution in [3.05, 3.63) is 23.7 Å². The summed E-state index contributed by atoms with van der Waals surface area (Å²) in [4.78, 5) is 26.0. The molecule has 0 aliphatic carbocycles. The second kappa shape index (κ2) is 8.57. The number of carbonyl (C=O) groups excluding carboxylic acids is 2. The fraction of sp³-hybridized carbons (Fsp3) is 0.625. The van der Waals surface area contributed by atoms with Crippen molar-refractivity contribution in [3.63, 3.8) is 0 Å². The van der Waals surface area contributed by atoms with Crippen LogP contribution < -0.4 is 5.32 Å². The highest BCUT2D eigenvalue weighted by atomic mass is 16.6. The normalized spacial score (nSPS) is 18.3. The van der Waals surface area contributed by atoms with E-state index in [2.05, 4.69) is 5.32 Å². The standard InChI is InChI=1S/C16H24N2O5/c1-12-14(6-8-22-12)15(19)17-13-5-3-4-7-18(11-13)16(20)23-10-9-21-2/h6,8,13H,3-5,7,9-11H2,1-2H3,(H,17,19). The third kappa shape index (κ3) is 4.99. The molecule has 1 atom stereocenters. The topological polar surface area (TPSA) is 81.0 Å². The number of amides is 2. The Labute approximate surface area is 135 Å². The van der Waals surface area contributed by atoms with Crippen molar-refractivity contribution >= 4 is 12.0 Å². The number of furan rings is 1. The Morgan fingerprint density at radius 2 is 2.22 bits per heavy atom. The molecule has 1 N–H and O–H groups in total. The van der Waals surface area contributed by atoms with Gasteiger partial charge in [0, 0.05) is 26.2 Å². The van der Waals surface area contributed by atoms with Crippen LogP contribution in [0, 0.1) is 6.92 Å². The van der Waals surface area contributed by atoms with Gasteiger partial charge in [0.2, 0.25) is 0 Å². The predicted octanol–water partition coefficient (Wildman–Crippen LogP) is 1.96. The van der Waals surface area contributed by atoms with E-state index in [1.165, 1.54) is 6.26 Å². The second-order valence-corrected chi connectivity index (χ2v) is 5.61. The first-order valence-corrected chi connectivity index (χ1v) is 7.87. The molecule has 1 fully saturated rings. The summed E-state index contributed by atoms with van der Waals surface area (Å²) in [6.45, 7) is 3.45. The SMILES string of the molecule is COCCOC(=O)N1CCCCC(NC(=O)c2ccoc2C)C1. The van der Waals surface area contributed by atoms with E-state index in [0.717, 1.165) is 19.3 Å². The average molecular weight is 324 g/mol.